The lowest BCUT2D eigenvalue weighted by Crippen LogP contribution is -2.11. The molecule has 342 valence electrons. The maximum Gasteiger partial charge on any atom is 0.0542 e. The van der Waals surface area contributed by atoms with Gasteiger partial charge in [-0.1, -0.05) is 121 Å². The molecule has 0 amide bonds. The highest BCUT2D eigenvalue weighted by Crippen LogP contribution is 2.49. The molecule has 0 N–H and O–H groups in total. The molecule has 72 heavy (non-hydrogen) atoms. The van der Waals surface area contributed by atoms with Crippen molar-refractivity contribution in [1.29, 1.82) is 0 Å². The van der Waals surface area contributed by atoms with Gasteiger partial charge < -0.3 is 18.9 Å². The molecule has 0 saturated heterocycles. The first-order chi connectivity index (χ1) is 35.3. The van der Waals surface area contributed by atoms with Gasteiger partial charge in [0.05, 0.1) is 33.4 Å². The van der Waals surface area contributed by atoms with Crippen LogP contribution in [0.15, 0.2) is 231 Å². The maximum absolute atomic E-state index is 2.45. The van der Waals surface area contributed by atoms with Crippen molar-refractivity contribution in [1.82, 2.24) is 9.13 Å². The van der Waals surface area contributed by atoms with Crippen LogP contribution in [0.4, 0.5) is 34.1 Å². The van der Waals surface area contributed by atoms with Crippen molar-refractivity contribution >= 4 is 110 Å². The van der Waals surface area contributed by atoms with Crippen LogP contribution in [0, 0.1) is 27.7 Å². The summed E-state index contributed by atoms with van der Waals surface area (Å²) >= 11 is 0. The van der Waals surface area contributed by atoms with Crippen molar-refractivity contribution in [2.24, 2.45) is 0 Å². The number of rotatable bonds is 8. The molecular weight excluding hydrogens is 873 g/mol. The molecule has 0 radical (unpaired) electrons. The molecule has 4 nitrogen and oxygen atoms in total. The lowest BCUT2D eigenvalue weighted by atomic mass is 9.91. The predicted octanol–water partition coefficient (Wildman–Crippen LogP) is 19.0. The maximum atomic E-state index is 2.45. The fourth-order valence-electron chi connectivity index (χ4n) is 12.1. The molecule has 0 aliphatic rings. The fraction of sp³-hybridized carbons (Fsp3) is 0.0588. The quantitative estimate of drug-likeness (QED) is 0.141. The van der Waals surface area contributed by atoms with Crippen molar-refractivity contribution in [3.63, 3.8) is 0 Å². The van der Waals surface area contributed by atoms with Gasteiger partial charge in [0.1, 0.15) is 0 Å². The van der Waals surface area contributed by atoms with E-state index in [1.165, 1.54) is 110 Å². The Morgan fingerprint density at radius 3 is 1.04 bits per heavy atom. The van der Waals surface area contributed by atoms with Crippen LogP contribution < -0.4 is 9.80 Å². The van der Waals surface area contributed by atoms with E-state index in [9.17, 15) is 0 Å². The molecule has 0 fully saturated rings. The van der Waals surface area contributed by atoms with E-state index in [0.717, 1.165) is 34.1 Å². The molecule has 14 rings (SSSR count). The molecule has 12 aromatic carbocycles. The Morgan fingerprint density at radius 2 is 0.625 bits per heavy atom. The summed E-state index contributed by atoms with van der Waals surface area (Å²) in [6, 6.07) is 85.7. The molecule has 0 bridgehead atoms. The standard InChI is InChI=1S/C68H50N4/c1-43-35-44(2)38-53(37-43)71-61-21-13-11-19-55(61)59-41-51(27-33-65(59)71)69(49-15-7-5-8-16-49)63-31-25-47-24-30-58-64(32-26-48-23-29-57(63)67(47)68(48)58)70(50-17-9-6-10-18-50)52-28-34-66-60(42-52)56-20-12-14-22-62(56)72(66)54-39-45(3)36-46(4)40-54/h5-42H,1-4H3. The minimum Gasteiger partial charge on any atom is -0.310 e. The van der Waals surface area contributed by atoms with Crippen LogP contribution in [0.1, 0.15) is 22.3 Å². The number of aryl methyl sites for hydroxylation is 4. The van der Waals surface area contributed by atoms with E-state index >= 15 is 0 Å². The van der Waals surface area contributed by atoms with Crippen LogP contribution in [-0.2, 0) is 0 Å². The SMILES string of the molecule is Cc1cc(C)cc(-n2c3ccccc3c3cc(N(c4ccccc4)c4ccc5ccc6c(N(c7ccccc7)c7ccc8c(c7)c7ccccc7n8-c7cc(C)cc(C)c7)ccc7ccc4c5c76)ccc32)c1. The molecule has 0 atom stereocenters. The molecule has 14 aromatic rings. The Balaban J connectivity index is 0.972. The lowest BCUT2D eigenvalue weighted by Gasteiger charge is -2.29. The zero-order valence-corrected chi connectivity index (χ0v) is 40.7. The Morgan fingerprint density at radius 1 is 0.264 bits per heavy atom. The van der Waals surface area contributed by atoms with Gasteiger partial charge in [-0.3, -0.25) is 0 Å². The summed E-state index contributed by atoms with van der Waals surface area (Å²) in [5.74, 6) is 0. The number of aromatic nitrogens is 2. The van der Waals surface area contributed by atoms with Gasteiger partial charge in [0.2, 0.25) is 0 Å². The third-order valence-electron chi connectivity index (χ3n) is 14.9. The van der Waals surface area contributed by atoms with E-state index in [-0.39, 0.29) is 0 Å². The number of anilines is 6. The van der Waals surface area contributed by atoms with Crippen molar-refractivity contribution < 1.29 is 0 Å². The normalized spacial score (nSPS) is 11.9. The van der Waals surface area contributed by atoms with Crippen LogP contribution in [0.2, 0.25) is 0 Å². The molecule has 0 saturated carbocycles. The van der Waals surface area contributed by atoms with Crippen LogP contribution in [0.5, 0.6) is 0 Å². The second-order valence-electron chi connectivity index (χ2n) is 19.7. The van der Waals surface area contributed by atoms with Crippen molar-refractivity contribution in [3.05, 3.63) is 253 Å². The molecule has 0 aliphatic carbocycles. The fourth-order valence-corrected chi connectivity index (χ4v) is 12.1. The van der Waals surface area contributed by atoms with Gasteiger partial charge in [0.25, 0.3) is 0 Å². The number of benzene rings is 12. The zero-order valence-electron chi connectivity index (χ0n) is 40.7. The average Bonchev–Trinajstić information content (AvgIpc) is 3.91. The summed E-state index contributed by atoms with van der Waals surface area (Å²) < 4.78 is 4.85. The summed E-state index contributed by atoms with van der Waals surface area (Å²) in [6.45, 7) is 8.74. The molecule has 4 heteroatoms. The third-order valence-corrected chi connectivity index (χ3v) is 14.9. The average molecular weight is 923 g/mol. The smallest absolute Gasteiger partial charge is 0.0542 e. The summed E-state index contributed by atoms with van der Waals surface area (Å²) in [4.78, 5) is 4.91. The molecule has 0 spiro atoms. The van der Waals surface area contributed by atoms with Gasteiger partial charge >= 0.3 is 0 Å². The first-order valence-electron chi connectivity index (χ1n) is 25.0. The van der Waals surface area contributed by atoms with Crippen LogP contribution in [0.25, 0.3) is 87.3 Å². The van der Waals surface area contributed by atoms with Crippen LogP contribution >= 0.6 is 0 Å². The van der Waals surface area contributed by atoms with Crippen molar-refractivity contribution in [2.45, 2.75) is 27.7 Å². The van der Waals surface area contributed by atoms with Gasteiger partial charge in [0, 0.05) is 66.4 Å². The topological polar surface area (TPSA) is 16.3 Å². The van der Waals surface area contributed by atoms with E-state index < -0.39 is 0 Å². The van der Waals surface area contributed by atoms with Gasteiger partial charge in [-0.05, 0) is 181 Å². The summed E-state index contributed by atoms with van der Waals surface area (Å²) in [5, 5.41) is 12.3. The third kappa shape index (κ3) is 6.53. The summed E-state index contributed by atoms with van der Waals surface area (Å²) in [7, 11) is 0. The number of fused-ring (bicyclic) bond motifs is 6. The van der Waals surface area contributed by atoms with Crippen LogP contribution in [-0.4, -0.2) is 9.13 Å². The van der Waals surface area contributed by atoms with E-state index in [0.29, 0.717) is 0 Å². The molecule has 0 unspecified atom stereocenters. The second kappa shape index (κ2) is 16.2. The highest BCUT2D eigenvalue weighted by molar-refractivity contribution is 6.28. The first kappa shape index (κ1) is 41.8. The summed E-state index contributed by atoms with van der Waals surface area (Å²) in [5.41, 5.74) is 18.9. The Hall–Kier alpha value is -9.12. The van der Waals surface area contributed by atoms with E-state index in [4.69, 9.17) is 0 Å². The van der Waals surface area contributed by atoms with Gasteiger partial charge in [-0.25, -0.2) is 0 Å². The number of hydrogen-bond donors (Lipinski definition) is 0. The van der Waals surface area contributed by atoms with E-state index in [1.807, 2.05) is 0 Å². The monoisotopic (exact) mass is 922 g/mol. The minimum atomic E-state index is 1.11. The minimum absolute atomic E-state index is 1.11. The lowest BCUT2D eigenvalue weighted by molar-refractivity contribution is 1.16. The molecular formula is C68H50N4. The molecule has 2 heterocycles. The number of para-hydroxylation sites is 4. The van der Waals surface area contributed by atoms with Gasteiger partial charge in [-0.2, -0.15) is 0 Å². The van der Waals surface area contributed by atoms with Gasteiger partial charge in [0.15, 0.2) is 0 Å². The predicted molar refractivity (Wildman–Crippen MR) is 307 cm³/mol. The number of nitrogens with zero attached hydrogens (tertiary/aromatic N) is 4. The van der Waals surface area contributed by atoms with Crippen molar-refractivity contribution in [2.75, 3.05) is 9.80 Å². The van der Waals surface area contributed by atoms with E-state index in [1.54, 1.807) is 0 Å². The molecule has 0 aliphatic heterocycles. The Bertz CT molecular complexity index is 4120. The summed E-state index contributed by atoms with van der Waals surface area (Å²) in [6.07, 6.45) is 0. The highest BCUT2D eigenvalue weighted by atomic mass is 15.2. The molecule has 2 aromatic heterocycles. The Kier molecular flexibility index (Phi) is 9.43. The highest BCUT2D eigenvalue weighted by Gasteiger charge is 2.24. The van der Waals surface area contributed by atoms with Crippen LogP contribution in [0.3, 0.4) is 0 Å². The van der Waals surface area contributed by atoms with Crippen molar-refractivity contribution in [3.8, 4) is 11.4 Å². The van der Waals surface area contributed by atoms with Gasteiger partial charge in [-0.15, -0.1) is 0 Å². The number of hydrogen-bond acceptors (Lipinski definition) is 2. The largest absolute Gasteiger partial charge is 0.310 e. The zero-order chi connectivity index (χ0) is 48.2. The van der Waals surface area contributed by atoms with E-state index in [2.05, 4.69) is 277 Å². The Labute approximate surface area is 418 Å². The first-order valence-corrected chi connectivity index (χ1v) is 25.0. The second-order valence-corrected chi connectivity index (χ2v) is 19.7.